The highest BCUT2D eigenvalue weighted by molar-refractivity contribution is 5.38. The van der Waals surface area contributed by atoms with E-state index in [1.807, 2.05) is 30.3 Å². The van der Waals surface area contributed by atoms with Crippen LogP contribution in [0.4, 0.5) is 0 Å². The van der Waals surface area contributed by atoms with Gasteiger partial charge in [-0.15, -0.1) is 0 Å². The van der Waals surface area contributed by atoms with Crippen molar-refractivity contribution in [2.24, 2.45) is 0 Å². The maximum atomic E-state index is 9.81. The molecule has 0 bridgehead atoms. The third kappa shape index (κ3) is 2.81. The fourth-order valence-electron chi connectivity index (χ4n) is 1.78. The van der Waals surface area contributed by atoms with E-state index in [1.165, 1.54) is 0 Å². The summed E-state index contributed by atoms with van der Waals surface area (Å²) in [7, 11) is 0. The van der Waals surface area contributed by atoms with Crippen LogP contribution in [0.25, 0.3) is 0 Å². The highest BCUT2D eigenvalue weighted by Crippen LogP contribution is 2.31. The van der Waals surface area contributed by atoms with E-state index < -0.39 is 12.2 Å². The fraction of sp³-hybridized carbons (Fsp3) is 0.200. The van der Waals surface area contributed by atoms with Gasteiger partial charge < -0.3 is 14.9 Å². The van der Waals surface area contributed by atoms with Gasteiger partial charge in [0.25, 0.3) is 0 Å². The first-order chi connectivity index (χ1) is 8.68. The van der Waals surface area contributed by atoms with E-state index in [-0.39, 0.29) is 5.75 Å². The van der Waals surface area contributed by atoms with Crippen molar-refractivity contribution in [1.82, 2.24) is 0 Å². The summed E-state index contributed by atoms with van der Waals surface area (Å²) in [4.78, 5) is 0. The summed E-state index contributed by atoms with van der Waals surface area (Å²) in [5.74, 6) is 0.436. The van der Waals surface area contributed by atoms with Gasteiger partial charge in [-0.25, -0.2) is 0 Å². The lowest BCUT2D eigenvalue weighted by Crippen LogP contribution is -2.20. The zero-order valence-corrected chi connectivity index (χ0v) is 10.2. The van der Waals surface area contributed by atoms with Crippen LogP contribution in [0, 0.1) is 0 Å². The Kier molecular flexibility index (Phi) is 3.85. The Bertz CT molecular complexity index is 494. The Morgan fingerprint density at radius 3 is 2.17 bits per heavy atom. The molecule has 0 aliphatic heterocycles. The van der Waals surface area contributed by atoms with Crippen LogP contribution in [-0.4, -0.2) is 16.3 Å². The molecule has 2 aromatic rings. The number of benzene rings is 2. The SMILES string of the molecule is C[C@@H](O)[C@@H](Oc1ccccc1O)c1ccccc1. The third-order valence-corrected chi connectivity index (χ3v) is 2.69. The Hall–Kier alpha value is -2.00. The van der Waals surface area contributed by atoms with E-state index in [0.717, 1.165) is 5.56 Å². The number of para-hydroxylation sites is 2. The maximum Gasteiger partial charge on any atom is 0.162 e. The summed E-state index contributed by atoms with van der Waals surface area (Å²) in [5.41, 5.74) is 0.871. The minimum absolute atomic E-state index is 0.0686. The first kappa shape index (κ1) is 12.5. The van der Waals surface area contributed by atoms with Gasteiger partial charge in [0.05, 0.1) is 6.10 Å². The maximum absolute atomic E-state index is 9.81. The molecule has 2 atom stereocenters. The molecule has 18 heavy (non-hydrogen) atoms. The Labute approximate surface area is 106 Å². The van der Waals surface area contributed by atoms with Gasteiger partial charge in [-0.2, -0.15) is 0 Å². The van der Waals surface area contributed by atoms with Gasteiger partial charge in [0.2, 0.25) is 0 Å². The molecule has 0 saturated heterocycles. The number of aromatic hydroxyl groups is 1. The average Bonchev–Trinajstić information content (AvgIpc) is 2.38. The van der Waals surface area contributed by atoms with Crippen molar-refractivity contribution in [2.45, 2.75) is 19.1 Å². The van der Waals surface area contributed by atoms with Crippen LogP contribution in [0.15, 0.2) is 54.6 Å². The number of phenols is 1. The van der Waals surface area contributed by atoms with E-state index in [2.05, 4.69) is 0 Å². The van der Waals surface area contributed by atoms with Crippen molar-refractivity contribution in [1.29, 1.82) is 0 Å². The zero-order chi connectivity index (χ0) is 13.0. The number of phenolic OH excluding ortho intramolecular Hbond substituents is 1. The van der Waals surface area contributed by atoms with Gasteiger partial charge in [0.1, 0.15) is 6.10 Å². The number of aliphatic hydroxyl groups excluding tert-OH is 1. The van der Waals surface area contributed by atoms with Gasteiger partial charge in [0.15, 0.2) is 11.5 Å². The predicted molar refractivity (Wildman–Crippen MR) is 69.6 cm³/mol. The monoisotopic (exact) mass is 244 g/mol. The van der Waals surface area contributed by atoms with Crippen molar-refractivity contribution in [3.8, 4) is 11.5 Å². The van der Waals surface area contributed by atoms with E-state index in [9.17, 15) is 10.2 Å². The van der Waals surface area contributed by atoms with Crippen LogP contribution in [0.2, 0.25) is 0 Å². The second-order valence-electron chi connectivity index (χ2n) is 4.16. The minimum Gasteiger partial charge on any atom is -0.504 e. The molecule has 3 heteroatoms. The lowest BCUT2D eigenvalue weighted by Gasteiger charge is -2.22. The molecule has 0 fully saturated rings. The second-order valence-corrected chi connectivity index (χ2v) is 4.16. The van der Waals surface area contributed by atoms with E-state index in [1.54, 1.807) is 31.2 Å². The zero-order valence-electron chi connectivity index (χ0n) is 10.2. The molecule has 94 valence electrons. The van der Waals surface area contributed by atoms with Crippen LogP contribution in [-0.2, 0) is 0 Å². The van der Waals surface area contributed by atoms with Crippen LogP contribution in [0.3, 0.4) is 0 Å². The van der Waals surface area contributed by atoms with Gasteiger partial charge >= 0.3 is 0 Å². The number of rotatable bonds is 4. The van der Waals surface area contributed by atoms with Crippen molar-refractivity contribution in [3.05, 3.63) is 60.2 Å². The van der Waals surface area contributed by atoms with Crippen molar-refractivity contribution < 1.29 is 14.9 Å². The molecule has 0 spiro atoms. The Morgan fingerprint density at radius 2 is 1.56 bits per heavy atom. The third-order valence-electron chi connectivity index (χ3n) is 2.69. The van der Waals surface area contributed by atoms with Crippen LogP contribution in [0.1, 0.15) is 18.6 Å². The molecule has 2 aromatic carbocycles. The molecule has 0 aliphatic carbocycles. The topological polar surface area (TPSA) is 49.7 Å². The minimum atomic E-state index is -0.674. The molecule has 3 nitrogen and oxygen atoms in total. The predicted octanol–water partition coefficient (Wildman–Crippen LogP) is 2.89. The highest BCUT2D eigenvalue weighted by Gasteiger charge is 2.20. The lowest BCUT2D eigenvalue weighted by atomic mass is 10.1. The molecule has 0 aliphatic rings. The van der Waals surface area contributed by atoms with Crippen molar-refractivity contribution in [3.63, 3.8) is 0 Å². The smallest absolute Gasteiger partial charge is 0.162 e. The summed E-state index contributed by atoms with van der Waals surface area (Å²) in [6.45, 7) is 1.66. The lowest BCUT2D eigenvalue weighted by molar-refractivity contribution is 0.0464. The fourth-order valence-corrected chi connectivity index (χ4v) is 1.78. The Balaban J connectivity index is 2.26. The number of hydrogen-bond donors (Lipinski definition) is 2. The molecule has 0 saturated carbocycles. The summed E-state index contributed by atoms with van der Waals surface area (Å²) < 4.78 is 5.69. The number of hydrogen-bond acceptors (Lipinski definition) is 3. The normalized spacial score (nSPS) is 13.9. The van der Waals surface area contributed by atoms with Crippen molar-refractivity contribution in [2.75, 3.05) is 0 Å². The molecule has 2 N–H and O–H groups in total. The summed E-state index contributed by atoms with van der Waals surface area (Å²) in [5, 5.41) is 19.5. The quantitative estimate of drug-likeness (QED) is 0.869. The van der Waals surface area contributed by atoms with E-state index >= 15 is 0 Å². The van der Waals surface area contributed by atoms with Gasteiger partial charge in [0, 0.05) is 0 Å². The number of aliphatic hydroxyl groups is 1. The van der Waals surface area contributed by atoms with Gasteiger partial charge in [-0.3, -0.25) is 0 Å². The van der Waals surface area contributed by atoms with Crippen LogP contribution >= 0.6 is 0 Å². The Morgan fingerprint density at radius 1 is 0.944 bits per heavy atom. The largest absolute Gasteiger partial charge is 0.504 e. The number of ether oxygens (including phenoxy) is 1. The summed E-state index contributed by atoms with van der Waals surface area (Å²) >= 11 is 0. The highest BCUT2D eigenvalue weighted by atomic mass is 16.5. The van der Waals surface area contributed by atoms with Crippen molar-refractivity contribution >= 4 is 0 Å². The molecule has 0 radical (unpaired) electrons. The molecule has 0 unspecified atom stereocenters. The van der Waals surface area contributed by atoms with Crippen LogP contribution < -0.4 is 4.74 Å². The second kappa shape index (κ2) is 5.56. The molecule has 0 amide bonds. The standard InChI is InChI=1S/C15H16O3/c1-11(16)15(12-7-3-2-4-8-12)18-14-10-6-5-9-13(14)17/h2-11,15-17H,1H3/t11-,15-/m1/s1. The molecular formula is C15H16O3. The first-order valence-electron chi connectivity index (χ1n) is 5.86. The summed E-state index contributed by atoms with van der Waals surface area (Å²) in [6, 6.07) is 16.2. The van der Waals surface area contributed by atoms with Gasteiger partial charge in [-0.05, 0) is 24.6 Å². The first-order valence-corrected chi connectivity index (χ1v) is 5.86. The van der Waals surface area contributed by atoms with Crippen LogP contribution in [0.5, 0.6) is 11.5 Å². The average molecular weight is 244 g/mol. The van der Waals surface area contributed by atoms with E-state index in [0.29, 0.717) is 5.75 Å². The van der Waals surface area contributed by atoms with Gasteiger partial charge in [-0.1, -0.05) is 42.5 Å². The molecule has 2 rings (SSSR count). The molecular weight excluding hydrogens is 228 g/mol. The van der Waals surface area contributed by atoms with E-state index in [4.69, 9.17) is 4.74 Å². The molecule has 0 heterocycles. The molecule has 0 aromatic heterocycles. The summed E-state index contributed by atoms with van der Waals surface area (Å²) in [6.07, 6.45) is -1.17.